The molecule has 1 fully saturated rings. The van der Waals surface area contributed by atoms with Crippen LogP contribution in [0.1, 0.15) is 50.2 Å². The maximum atomic E-state index is 14.2. The zero-order valence-corrected chi connectivity index (χ0v) is 26.6. The lowest BCUT2D eigenvalue weighted by molar-refractivity contribution is -0.140. The minimum Gasteiger partial charge on any atom is -0.352 e. The molecule has 1 saturated carbocycles. The van der Waals surface area contributed by atoms with Crippen molar-refractivity contribution < 1.29 is 18.0 Å². The SMILES string of the molecule is CCC(C(=O)NC1CCCC1)N(Cc1ccc(Cl)c(Cl)c1)C(=O)CN(c1cccc(Cl)c1)S(=O)(=O)c1ccc(C)cc1. The van der Waals surface area contributed by atoms with Crippen molar-refractivity contribution in [2.75, 3.05) is 10.8 Å². The van der Waals surface area contributed by atoms with Crippen molar-refractivity contribution >= 4 is 62.3 Å². The number of halogens is 3. The number of aryl methyl sites for hydroxylation is 1. The van der Waals surface area contributed by atoms with E-state index in [9.17, 15) is 18.0 Å². The van der Waals surface area contributed by atoms with Crippen LogP contribution in [0.25, 0.3) is 0 Å². The highest BCUT2D eigenvalue weighted by Crippen LogP contribution is 2.28. The van der Waals surface area contributed by atoms with Crippen LogP contribution in [0.4, 0.5) is 5.69 Å². The van der Waals surface area contributed by atoms with Crippen molar-refractivity contribution in [1.82, 2.24) is 10.2 Å². The van der Waals surface area contributed by atoms with E-state index in [1.54, 1.807) is 48.5 Å². The Morgan fingerprint density at radius 3 is 2.26 bits per heavy atom. The molecule has 7 nitrogen and oxygen atoms in total. The van der Waals surface area contributed by atoms with Gasteiger partial charge in [0.1, 0.15) is 12.6 Å². The van der Waals surface area contributed by atoms with Crippen molar-refractivity contribution in [2.45, 2.75) is 69.5 Å². The number of nitrogens with zero attached hydrogens (tertiary/aromatic N) is 2. The fourth-order valence-corrected chi connectivity index (χ4v) is 7.03. The Hall–Kier alpha value is -2.78. The standard InChI is InChI=1S/C31H34Cl3N3O4S/c1-3-29(31(39)35-24-8-4-5-9-24)36(19-22-13-16-27(33)28(34)17-22)30(38)20-37(25-10-6-7-23(32)18-25)42(40,41)26-14-11-21(2)12-15-26/h6-7,10-18,24,29H,3-5,8-9,19-20H2,1-2H3,(H,35,39). The molecule has 0 bridgehead atoms. The molecule has 2 amide bonds. The predicted octanol–water partition coefficient (Wildman–Crippen LogP) is 7.02. The first-order valence-electron chi connectivity index (χ1n) is 13.9. The average Bonchev–Trinajstić information content (AvgIpc) is 3.46. The van der Waals surface area contributed by atoms with Crippen molar-refractivity contribution in [3.8, 4) is 0 Å². The second-order valence-electron chi connectivity index (χ2n) is 10.5. The van der Waals surface area contributed by atoms with E-state index in [1.807, 2.05) is 13.8 Å². The van der Waals surface area contributed by atoms with Crippen molar-refractivity contribution in [3.05, 3.63) is 92.9 Å². The predicted molar refractivity (Wildman–Crippen MR) is 169 cm³/mol. The Labute approximate surface area is 262 Å². The summed E-state index contributed by atoms with van der Waals surface area (Å²) in [6.07, 6.45) is 4.19. The third kappa shape index (κ3) is 7.78. The van der Waals surface area contributed by atoms with Crippen LogP contribution in [0.2, 0.25) is 15.1 Å². The lowest BCUT2D eigenvalue weighted by Gasteiger charge is -2.34. The Morgan fingerprint density at radius 1 is 0.952 bits per heavy atom. The smallest absolute Gasteiger partial charge is 0.264 e. The summed E-state index contributed by atoms with van der Waals surface area (Å²) in [7, 11) is -4.18. The number of anilines is 1. The van der Waals surface area contributed by atoms with Gasteiger partial charge in [0.2, 0.25) is 11.8 Å². The Balaban J connectivity index is 1.73. The van der Waals surface area contributed by atoms with Crippen molar-refractivity contribution in [3.63, 3.8) is 0 Å². The molecule has 1 atom stereocenters. The summed E-state index contributed by atoms with van der Waals surface area (Å²) in [6, 6.07) is 16.9. The Bertz CT molecular complexity index is 1530. The molecule has 0 spiro atoms. The summed E-state index contributed by atoms with van der Waals surface area (Å²) < 4.78 is 29.0. The van der Waals surface area contributed by atoms with E-state index in [4.69, 9.17) is 34.8 Å². The summed E-state index contributed by atoms with van der Waals surface area (Å²) in [5.41, 5.74) is 1.78. The fraction of sp³-hybridized carbons (Fsp3) is 0.355. The zero-order chi connectivity index (χ0) is 30.4. The minimum absolute atomic E-state index is 0.0281. The van der Waals surface area contributed by atoms with Crippen LogP contribution in [-0.4, -0.2) is 43.8 Å². The Morgan fingerprint density at radius 2 is 1.64 bits per heavy atom. The summed E-state index contributed by atoms with van der Waals surface area (Å²) in [6.45, 7) is 3.16. The molecule has 224 valence electrons. The fourth-order valence-electron chi connectivity index (χ4n) is 5.12. The highest BCUT2D eigenvalue weighted by molar-refractivity contribution is 7.92. The van der Waals surface area contributed by atoms with Crippen LogP contribution in [0.3, 0.4) is 0 Å². The molecule has 0 heterocycles. The van der Waals surface area contributed by atoms with Gasteiger partial charge in [-0.3, -0.25) is 13.9 Å². The van der Waals surface area contributed by atoms with E-state index >= 15 is 0 Å². The lowest BCUT2D eigenvalue weighted by Crippen LogP contribution is -2.53. The van der Waals surface area contributed by atoms with E-state index < -0.39 is 28.5 Å². The van der Waals surface area contributed by atoms with Gasteiger partial charge in [0.05, 0.1) is 20.6 Å². The molecule has 3 aromatic rings. The van der Waals surface area contributed by atoms with Crippen LogP contribution in [0, 0.1) is 6.92 Å². The van der Waals surface area contributed by atoms with Gasteiger partial charge in [-0.05, 0) is 74.2 Å². The molecular formula is C31H34Cl3N3O4S. The van der Waals surface area contributed by atoms with Crippen LogP contribution in [0.15, 0.2) is 71.6 Å². The van der Waals surface area contributed by atoms with E-state index in [0.717, 1.165) is 35.6 Å². The first kappa shape index (κ1) is 32.1. The number of carbonyl (C=O) groups excluding carboxylic acids is 2. The molecule has 11 heteroatoms. The highest BCUT2D eigenvalue weighted by Gasteiger charge is 2.34. The van der Waals surface area contributed by atoms with Crippen LogP contribution < -0.4 is 9.62 Å². The number of hydrogen-bond donors (Lipinski definition) is 1. The molecule has 3 aromatic carbocycles. The number of hydrogen-bond acceptors (Lipinski definition) is 4. The van der Waals surface area contributed by atoms with Gasteiger partial charge in [-0.2, -0.15) is 0 Å². The zero-order valence-electron chi connectivity index (χ0n) is 23.5. The average molecular weight is 651 g/mol. The molecule has 1 aliphatic rings. The largest absolute Gasteiger partial charge is 0.352 e. The normalized spacial score (nSPS) is 14.4. The maximum Gasteiger partial charge on any atom is 0.264 e. The molecule has 0 aliphatic heterocycles. The quantitative estimate of drug-likeness (QED) is 0.242. The second-order valence-corrected chi connectivity index (χ2v) is 13.6. The van der Waals surface area contributed by atoms with Gasteiger partial charge < -0.3 is 10.2 Å². The number of amides is 2. The Kier molecular flexibility index (Phi) is 10.8. The monoisotopic (exact) mass is 649 g/mol. The van der Waals surface area contributed by atoms with Crippen molar-refractivity contribution in [2.24, 2.45) is 0 Å². The number of nitrogens with one attached hydrogen (secondary N) is 1. The first-order chi connectivity index (χ1) is 20.0. The maximum absolute atomic E-state index is 14.2. The van der Waals surface area contributed by atoms with E-state index in [-0.39, 0.29) is 29.1 Å². The van der Waals surface area contributed by atoms with Gasteiger partial charge in [0.15, 0.2) is 0 Å². The lowest BCUT2D eigenvalue weighted by atomic mass is 10.1. The molecule has 1 N–H and O–H groups in total. The molecule has 0 aromatic heterocycles. The van der Waals surface area contributed by atoms with Gasteiger partial charge in [0, 0.05) is 17.6 Å². The third-order valence-corrected chi connectivity index (χ3v) is 10.2. The minimum atomic E-state index is -4.18. The summed E-state index contributed by atoms with van der Waals surface area (Å²) >= 11 is 18.6. The molecule has 0 radical (unpaired) electrons. The van der Waals surface area contributed by atoms with Gasteiger partial charge in [-0.25, -0.2) is 8.42 Å². The van der Waals surface area contributed by atoms with Gasteiger partial charge in [-0.1, -0.05) is 84.4 Å². The van der Waals surface area contributed by atoms with Gasteiger partial charge >= 0.3 is 0 Å². The van der Waals surface area contributed by atoms with E-state index in [0.29, 0.717) is 27.1 Å². The number of carbonyl (C=O) groups is 2. The van der Waals surface area contributed by atoms with Crippen LogP contribution in [-0.2, 0) is 26.2 Å². The van der Waals surface area contributed by atoms with Crippen LogP contribution in [0.5, 0.6) is 0 Å². The molecule has 4 rings (SSSR count). The molecule has 1 unspecified atom stereocenters. The summed E-state index contributed by atoms with van der Waals surface area (Å²) in [5.74, 6) is -0.821. The molecular weight excluding hydrogens is 617 g/mol. The molecule has 1 aliphatic carbocycles. The van der Waals surface area contributed by atoms with E-state index in [1.165, 1.54) is 23.1 Å². The number of benzene rings is 3. The highest BCUT2D eigenvalue weighted by atomic mass is 35.5. The van der Waals surface area contributed by atoms with Gasteiger partial charge in [-0.15, -0.1) is 0 Å². The molecule has 0 saturated heterocycles. The second kappa shape index (κ2) is 14.1. The third-order valence-electron chi connectivity index (χ3n) is 7.41. The van der Waals surface area contributed by atoms with Crippen molar-refractivity contribution in [1.29, 1.82) is 0 Å². The van der Waals surface area contributed by atoms with Gasteiger partial charge in [0.25, 0.3) is 10.0 Å². The van der Waals surface area contributed by atoms with Crippen LogP contribution >= 0.6 is 34.8 Å². The number of sulfonamides is 1. The molecule has 42 heavy (non-hydrogen) atoms. The number of rotatable bonds is 11. The first-order valence-corrected chi connectivity index (χ1v) is 16.5. The summed E-state index contributed by atoms with van der Waals surface area (Å²) in [4.78, 5) is 29.2. The topological polar surface area (TPSA) is 86.8 Å². The summed E-state index contributed by atoms with van der Waals surface area (Å²) in [5, 5.41) is 4.09. The van der Waals surface area contributed by atoms with E-state index in [2.05, 4.69) is 5.32 Å².